The molecule has 0 aliphatic heterocycles. The Hall–Kier alpha value is -3.14. The summed E-state index contributed by atoms with van der Waals surface area (Å²) < 4.78 is 26.7. The predicted octanol–water partition coefficient (Wildman–Crippen LogP) is 5.90. The molecule has 1 rings (SSSR count). The van der Waals surface area contributed by atoms with Crippen molar-refractivity contribution in [2.45, 2.75) is 119 Å². The third kappa shape index (κ3) is 15.4. The maximum atomic E-state index is 12.7. The van der Waals surface area contributed by atoms with E-state index in [0.29, 0.717) is 5.56 Å². The van der Waals surface area contributed by atoms with Crippen LogP contribution >= 0.6 is 0 Å². The van der Waals surface area contributed by atoms with E-state index in [9.17, 15) is 19.2 Å². The molecule has 0 spiro atoms. The summed E-state index contributed by atoms with van der Waals surface area (Å²) in [6.07, 6.45) is 0.716. The van der Waals surface area contributed by atoms with E-state index in [-0.39, 0.29) is 48.2 Å². The van der Waals surface area contributed by atoms with Gasteiger partial charge in [0.2, 0.25) is 0 Å². The van der Waals surface area contributed by atoms with E-state index in [4.69, 9.17) is 29.4 Å². The smallest absolute Gasteiger partial charge is 0.458 e. The molecule has 0 amide bonds. The number of carbonyl (C=O) groups excluding carboxylic acids is 4. The second-order valence-electron chi connectivity index (χ2n) is 12.8. The zero-order valence-corrected chi connectivity index (χ0v) is 26.2. The van der Waals surface area contributed by atoms with Crippen LogP contribution in [0.25, 0.3) is 0 Å². The number of hydrogen-bond acceptors (Lipinski definition) is 10. The molecule has 3 atom stereocenters. The first-order valence-corrected chi connectivity index (χ1v) is 14.2. The topological polar surface area (TPSA) is 140 Å². The molecule has 10 heteroatoms. The first-order valence-electron chi connectivity index (χ1n) is 14.2. The lowest BCUT2D eigenvalue weighted by Gasteiger charge is -2.22. The molecule has 2 N–H and O–H groups in total. The van der Waals surface area contributed by atoms with Gasteiger partial charge in [0.15, 0.2) is 11.5 Å². The van der Waals surface area contributed by atoms with Gasteiger partial charge in [-0.2, -0.15) is 0 Å². The number of ether oxygens (including phenoxy) is 5. The normalized spacial score (nSPS) is 13.9. The minimum absolute atomic E-state index is 0.0559. The highest BCUT2D eigenvalue weighted by molar-refractivity contribution is 5.78. The van der Waals surface area contributed by atoms with E-state index in [2.05, 4.69) is 0 Å². The zero-order chi connectivity index (χ0) is 31.4. The number of hydrogen-bond donors (Lipinski definition) is 1. The van der Waals surface area contributed by atoms with E-state index in [1.807, 2.05) is 48.5 Å². The Kier molecular flexibility index (Phi) is 14.3. The first kappa shape index (κ1) is 35.9. The molecule has 0 aromatic heterocycles. The van der Waals surface area contributed by atoms with Crippen LogP contribution in [-0.2, 0) is 35.0 Å². The number of benzene rings is 1. The van der Waals surface area contributed by atoms with Crippen LogP contribution in [0, 0.1) is 10.8 Å². The molecule has 0 fully saturated rings. The molecule has 10 nitrogen and oxygen atoms in total. The Morgan fingerprint density at radius 1 is 0.805 bits per heavy atom. The SMILES string of the molecule is CCCCCOC(=O)O[C@@H](C)[C@H](C)OC(=O)[C@@H](N)Cc1ccc(OC(=O)CC(C)(C)C)c(OC(=O)CC(C)(C)C)c1. The van der Waals surface area contributed by atoms with Crippen molar-refractivity contribution in [3.8, 4) is 11.5 Å². The van der Waals surface area contributed by atoms with E-state index < -0.39 is 42.3 Å². The highest BCUT2D eigenvalue weighted by Crippen LogP contribution is 2.32. The zero-order valence-electron chi connectivity index (χ0n) is 26.2. The Balaban J connectivity index is 2.90. The fourth-order valence-corrected chi connectivity index (χ4v) is 3.52. The molecule has 0 aliphatic rings. The minimum atomic E-state index is -1.06. The van der Waals surface area contributed by atoms with E-state index in [0.717, 1.165) is 19.3 Å². The maximum Gasteiger partial charge on any atom is 0.508 e. The van der Waals surface area contributed by atoms with E-state index in [1.54, 1.807) is 19.9 Å². The first-order chi connectivity index (χ1) is 18.9. The summed E-state index contributed by atoms with van der Waals surface area (Å²) >= 11 is 0. The molecular weight excluding hydrogens is 530 g/mol. The van der Waals surface area contributed by atoms with Crippen molar-refractivity contribution >= 4 is 24.1 Å². The van der Waals surface area contributed by atoms with Gasteiger partial charge in [-0.1, -0.05) is 67.4 Å². The number of unbranched alkanes of at least 4 members (excludes halogenated alkanes) is 2. The highest BCUT2D eigenvalue weighted by Gasteiger charge is 2.26. The van der Waals surface area contributed by atoms with Crippen LogP contribution in [0.1, 0.15) is 100.0 Å². The summed E-state index contributed by atoms with van der Waals surface area (Å²) in [6.45, 7) is 16.9. The van der Waals surface area contributed by atoms with Crippen molar-refractivity contribution < 1.29 is 42.9 Å². The van der Waals surface area contributed by atoms with Crippen molar-refractivity contribution in [1.82, 2.24) is 0 Å². The number of rotatable bonds is 14. The van der Waals surface area contributed by atoms with Gasteiger partial charge >= 0.3 is 24.1 Å². The molecule has 0 saturated heterocycles. The van der Waals surface area contributed by atoms with Crippen LogP contribution in [0.5, 0.6) is 11.5 Å². The fourth-order valence-electron chi connectivity index (χ4n) is 3.52. The second-order valence-corrected chi connectivity index (χ2v) is 12.8. The van der Waals surface area contributed by atoms with Gasteiger partial charge in [-0.3, -0.25) is 14.4 Å². The fraction of sp³-hybridized carbons (Fsp3) is 0.677. The van der Waals surface area contributed by atoms with Crippen LogP contribution in [0.4, 0.5) is 4.79 Å². The van der Waals surface area contributed by atoms with Crippen LogP contribution < -0.4 is 15.2 Å². The highest BCUT2D eigenvalue weighted by atomic mass is 16.7. The van der Waals surface area contributed by atoms with Gasteiger partial charge in [-0.25, -0.2) is 4.79 Å². The summed E-state index contributed by atoms with van der Waals surface area (Å²) in [5, 5.41) is 0. The van der Waals surface area contributed by atoms with E-state index in [1.165, 1.54) is 12.1 Å². The van der Waals surface area contributed by atoms with Crippen molar-refractivity contribution in [2.75, 3.05) is 6.61 Å². The average molecular weight is 580 g/mol. The second kappa shape index (κ2) is 16.3. The molecular formula is C31H49NO9. The number of nitrogens with two attached hydrogens (primary N) is 1. The largest absolute Gasteiger partial charge is 0.508 e. The third-order valence-electron chi connectivity index (χ3n) is 5.78. The Bertz CT molecular complexity index is 1020. The van der Waals surface area contributed by atoms with Gasteiger partial charge in [0, 0.05) is 0 Å². The van der Waals surface area contributed by atoms with Crippen LogP contribution in [0.3, 0.4) is 0 Å². The lowest BCUT2D eigenvalue weighted by atomic mass is 9.92. The van der Waals surface area contributed by atoms with Gasteiger partial charge in [-0.15, -0.1) is 0 Å². The van der Waals surface area contributed by atoms with Gasteiger partial charge in [-0.05, 0) is 55.2 Å². The summed E-state index contributed by atoms with van der Waals surface area (Å²) in [5.74, 6) is -1.49. The standard InChI is InChI=1S/C31H49NO9/c1-10-11-12-15-37-29(36)39-21(3)20(2)38-28(35)23(32)16-22-13-14-24(40-26(33)18-30(4,5)6)25(17-22)41-27(34)19-31(7,8)9/h13-14,17,20-21,23H,10-12,15-16,18-19,32H2,1-9H3/t20-,21-,23-/m0/s1. The van der Waals surface area contributed by atoms with Crippen molar-refractivity contribution in [3.05, 3.63) is 23.8 Å². The van der Waals surface area contributed by atoms with Crippen LogP contribution in [-0.4, -0.2) is 48.9 Å². The van der Waals surface area contributed by atoms with E-state index >= 15 is 0 Å². The van der Waals surface area contributed by atoms with Gasteiger partial charge in [0.25, 0.3) is 0 Å². The summed E-state index contributed by atoms with van der Waals surface area (Å²) in [4.78, 5) is 49.6. The Labute approximate surface area is 244 Å². The average Bonchev–Trinajstić information content (AvgIpc) is 2.80. The summed E-state index contributed by atoms with van der Waals surface area (Å²) in [7, 11) is 0. The van der Waals surface area contributed by atoms with Crippen LogP contribution in [0.15, 0.2) is 18.2 Å². The molecule has 232 valence electrons. The van der Waals surface area contributed by atoms with Crippen molar-refractivity contribution in [3.63, 3.8) is 0 Å². The molecule has 0 bridgehead atoms. The lowest BCUT2D eigenvalue weighted by molar-refractivity contribution is -0.155. The Morgan fingerprint density at radius 3 is 1.88 bits per heavy atom. The predicted molar refractivity (Wildman–Crippen MR) is 155 cm³/mol. The third-order valence-corrected chi connectivity index (χ3v) is 5.78. The molecule has 0 heterocycles. The number of carbonyl (C=O) groups is 4. The molecule has 0 aliphatic carbocycles. The molecule has 1 aromatic rings. The van der Waals surface area contributed by atoms with Gasteiger partial charge in [0.1, 0.15) is 18.2 Å². The molecule has 1 aromatic carbocycles. The van der Waals surface area contributed by atoms with Crippen molar-refractivity contribution in [1.29, 1.82) is 0 Å². The van der Waals surface area contributed by atoms with Crippen LogP contribution in [0.2, 0.25) is 0 Å². The molecule has 0 saturated carbocycles. The van der Waals surface area contributed by atoms with Gasteiger partial charge in [0.05, 0.1) is 19.4 Å². The monoisotopic (exact) mass is 579 g/mol. The summed E-state index contributed by atoms with van der Waals surface area (Å²) in [6, 6.07) is 3.62. The van der Waals surface area contributed by atoms with Gasteiger partial charge < -0.3 is 29.4 Å². The lowest BCUT2D eigenvalue weighted by Crippen LogP contribution is -2.39. The molecule has 0 unspecified atom stereocenters. The minimum Gasteiger partial charge on any atom is -0.458 e. The quantitative estimate of drug-likeness (QED) is 0.161. The maximum absolute atomic E-state index is 12.7. The Morgan fingerprint density at radius 2 is 1.34 bits per heavy atom. The molecule has 0 radical (unpaired) electrons. The molecule has 41 heavy (non-hydrogen) atoms. The number of esters is 3. The van der Waals surface area contributed by atoms with Crippen molar-refractivity contribution in [2.24, 2.45) is 16.6 Å². The summed E-state index contributed by atoms with van der Waals surface area (Å²) in [5.41, 5.74) is 6.08.